The quantitative estimate of drug-likeness (QED) is 0.870. The lowest BCUT2D eigenvalue weighted by atomic mass is 10.1. The van der Waals surface area contributed by atoms with Gasteiger partial charge in [0.05, 0.1) is 10.9 Å². The summed E-state index contributed by atoms with van der Waals surface area (Å²) in [6.45, 7) is 1.55. The van der Waals surface area contributed by atoms with Gasteiger partial charge in [-0.1, -0.05) is 11.6 Å². The van der Waals surface area contributed by atoms with Gasteiger partial charge in [-0.3, -0.25) is 9.59 Å². The summed E-state index contributed by atoms with van der Waals surface area (Å²) in [5.41, 5.74) is 0. The molecule has 0 saturated heterocycles. The number of hydrogen-bond donors (Lipinski definition) is 2. The summed E-state index contributed by atoms with van der Waals surface area (Å²) in [5, 5.41) is 11.8. The summed E-state index contributed by atoms with van der Waals surface area (Å²) in [6.07, 6.45) is 0.795. The minimum Gasteiger partial charge on any atom is -0.481 e. The second kappa shape index (κ2) is 6.96. The van der Waals surface area contributed by atoms with E-state index >= 15 is 0 Å². The Kier molecular flexibility index (Phi) is 5.24. The SMILES string of the molecule is CC(Oc1ccc(F)cc1Cl)C(=O)N[C@@H]1CC[C@H](C(=O)O)C1. The van der Waals surface area contributed by atoms with Gasteiger partial charge >= 0.3 is 5.97 Å². The van der Waals surface area contributed by atoms with Gasteiger partial charge in [-0.05, 0) is 44.4 Å². The van der Waals surface area contributed by atoms with Crippen molar-refractivity contribution in [3.63, 3.8) is 0 Å². The highest BCUT2D eigenvalue weighted by atomic mass is 35.5. The Hall–Kier alpha value is -1.82. The average Bonchev–Trinajstić information content (AvgIpc) is 2.90. The summed E-state index contributed by atoms with van der Waals surface area (Å²) in [6, 6.07) is 3.50. The molecule has 1 aliphatic carbocycles. The topological polar surface area (TPSA) is 75.6 Å². The highest BCUT2D eigenvalue weighted by Crippen LogP contribution is 2.27. The number of carbonyl (C=O) groups is 2. The van der Waals surface area contributed by atoms with Crippen LogP contribution in [-0.2, 0) is 9.59 Å². The van der Waals surface area contributed by atoms with Crippen molar-refractivity contribution in [2.75, 3.05) is 0 Å². The van der Waals surface area contributed by atoms with Crippen LogP contribution < -0.4 is 10.1 Å². The van der Waals surface area contributed by atoms with Gasteiger partial charge in [0.25, 0.3) is 5.91 Å². The number of rotatable bonds is 5. The van der Waals surface area contributed by atoms with E-state index in [0.29, 0.717) is 19.3 Å². The van der Waals surface area contributed by atoms with Gasteiger partial charge in [0.1, 0.15) is 11.6 Å². The molecule has 2 N–H and O–H groups in total. The molecule has 120 valence electrons. The Labute approximate surface area is 132 Å². The highest BCUT2D eigenvalue weighted by Gasteiger charge is 2.31. The predicted molar refractivity (Wildman–Crippen MR) is 78.4 cm³/mol. The molecule has 1 unspecified atom stereocenters. The number of carboxylic acid groups (broad SMARTS) is 1. The lowest BCUT2D eigenvalue weighted by molar-refractivity contribution is -0.141. The first-order valence-corrected chi connectivity index (χ1v) is 7.39. The van der Waals surface area contributed by atoms with Crippen LogP contribution in [0.25, 0.3) is 0 Å². The second-order valence-electron chi connectivity index (χ2n) is 5.39. The standard InChI is InChI=1S/C15H17ClFNO4/c1-8(22-13-5-3-10(17)7-12(13)16)14(19)18-11-4-2-9(6-11)15(20)21/h3,5,7-9,11H,2,4,6H2,1H3,(H,18,19)(H,20,21)/t8?,9-,11+/m0/s1. The van der Waals surface area contributed by atoms with Crippen LogP contribution in [0.4, 0.5) is 4.39 Å². The molecule has 1 aromatic carbocycles. The third-order valence-electron chi connectivity index (χ3n) is 3.70. The summed E-state index contributed by atoms with van der Waals surface area (Å²) in [7, 11) is 0. The van der Waals surface area contributed by atoms with Crippen LogP contribution in [0.2, 0.25) is 5.02 Å². The Morgan fingerprint density at radius 2 is 2.18 bits per heavy atom. The molecule has 0 bridgehead atoms. The smallest absolute Gasteiger partial charge is 0.306 e. The van der Waals surface area contributed by atoms with E-state index in [1.165, 1.54) is 12.1 Å². The molecule has 0 heterocycles. The Bertz CT molecular complexity index is 581. The maximum Gasteiger partial charge on any atom is 0.306 e. The molecule has 1 aromatic rings. The van der Waals surface area contributed by atoms with Crippen LogP contribution in [0.3, 0.4) is 0 Å². The number of amides is 1. The maximum absolute atomic E-state index is 12.9. The predicted octanol–water partition coefficient (Wildman–Crippen LogP) is 2.62. The van der Waals surface area contributed by atoms with Crippen molar-refractivity contribution in [3.05, 3.63) is 29.0 Å². The fourth-order valence-corrected chi connectivity index (χ4v) is 2.68. The van der Waals surface area contributed by atoms with Crippen LogP contribution in [-0.4, -0.2) is 29.1 Å². The average molecular weight is 330 g/mol. The van der Waals surface area contributed by atoms with Crippen molar-refractivity contribution in [2.24, 2.45) is 5.92 Å². The third-order valence-corrected chi connectivity index (χ3v) is 3.99. The number of ether oxygens (including phenoxy) is 1. The molecular formula is C15H17ClFNO4. The Morgan fingerprint density at radius 1 is 1.45 bits per heavy atom. The first kappa shape index (κ1) is 16.5. The molecule has 0 aliphatic heterocycles. The number of hydrogen-bond acceptors (Lipinski definition) is 3. The maximum atomic E-state index is 12.9. The number of aliphatic carboxylic acids is 1. The minimum absolute atomic E-state index is 0.0893. The van der Waals surface area contributed by atoms with Gasteiger partial charge in [0.15, 0.2) is 6.10 Å². The molecule has 2 rings (SSSR count). The molecule has 1 saturated carbocycles. The molecule has 1 aliphatic rings. The zero-order valence-corrected chi connectivity index (χ0v) is 12.8. The molecule has 1 fully saturated rings. The van der Waals surface area contributed by atoms with Crippen LogP contribution in [0.5, 0.6) is 5.75 Å². The first-order chi connectivity index (χ1) is 10.4. The number of benzene rings is 1. The second-order valence-corrected chi connectivity index (χ2v) is 5.80. The number of halogens is 2. The monoisotopic (exact) mass is 329 g/mol. The van der Waals surface area contributed by atoms with E-state index in [2.05, 4.69) is 5.32 Å². The van der Waals surface area contributed by atoms with E-state index in [-0.39, 0.29) is 22.7 Å². The number of nitrogens with one attached hydrogen (secondary N) is 1. The highest BCUT2D eigenvalue weighted by molar-refractivity contribution is 6.32. The van der Waals surface area contributed by atoms with E-state index < -0.39 is 23.8 Å². The lowest BCUT2D eigenvalue weighted by Gasteiger charge is -2.18. The molecule has 0 spiro atoms. The molecule has 3 atom stereocenters. The summed E-state index contributed by atoms with van der Waals surface area (Å²) in [4.78, 5) is 22.9. The van der Waals surface area contributed by atoms with E-state index in [1.54, 1.807) is 6.92 Å². The number of carbonyl (C=O) groups excluding carboxylic acids is 1. The molecule has 5 nitrogen and oxygen atoms in total. The summed E-state index contributed by atoms with van der Waals surface area (Å²) >= 11 is 5.84. The van der Waals surface area contributed by atoms with Gasteiger partial charge in [-0.25, -0.2) is 4.39 Å². The van der Waals surface area contributed by atoms with Gasteiger partial charge in [-0.2, -0.15) is 0 Å². The van der Waals surface area contributed by atoms with Crippen LogP contribution >= 0.6 is 11.6 Å². The van der Waals surface area contributed by atoms with E-state index in [1.807, 2.05) is 0 Å². The van der Waals surface area contributed by atoms with Gasteiger partial charge in [0, 0.05) is 6.04 Å². The summed E-state index contributed by atoms with van der Waals surface area (Å²) in [5.74, 6) is -1.86. The normalized spacial score (nSPS) is 22.1. The van der Waals surface area contributed by atoms with Crippen LogP contribution in [0.15, 0.2) is 18.2 Å². The lowest BCUT2D eigenvalue weighted by Crippen LogP contribution is -2.41. The first-order valence-electron chi connectivity index (χ1n) is 7.01. The zero-order chi connectivity index (χ0) is 16.3. The third kappa shape index (κ3) is 4.10. The molecule has 0 radical (unpaired) electrons. The van der Waals surface area contributed by atoms with Crippen molar-refractivity contribution in [1.29, 1.82) is 0 Å². The van der Waals surface area contributed by atoms with Crippen LogP contribution in [0.1, 0.15) is 26.2 Å². The van der Waals surface area contributed by atoms with Gasteiger partial charge in [0.2, 0.25) is 0 Å². The van der Waals surface area contributed by atoms with Crippen molar-refractivity contribution in [3.8, 4) is 5.75 Å². The van der Waals surface area contributed by atoms with Crippen LogP contribution in [0, 0.1) is 11.7 Å². The van der Waals surface area contributed by atoms with Crippen molar-refractivity contribution >= 4 is 23.5 Å². The van der Waals surface area contributed by atoms with E-state index in [0.717, 1.165) is 6.07 Å². The number of carboxylic acids is 1. The Balaban J connectivity index is 1.88. The zero-order valence-electron chi connectivity index (χ0n) is 12.0. The molecule has 1 amide bonds. The van der Waals surface area contributed by atoms with Gasteiger partial charge < -0.3 is 15.2 Å². The Morgan fingerprint density at radius 3 is 2.77 bits per heavy atom. The van der Waals surface area contributed by atoms with E-state index in [9.17, 15) is 14.0 Å². The molecule has 22 heavy (non-hydrogen) atoms. The minimum atomic E-state index is -0.834. The van der Waals surface area contributed by atoms with E-state index in [4.69, 9.17) is 21.4 Å². The van der Waals surface area contributed by atoms with Crippen molar-refractivity contribution in [2.45, 2.75) is 38.3 Å². The molecular weight excluding hydrogens is 313 g/mol. The summed E-state index contributed by atoms with van der Waals surface area (Å²) < 4.78 is 18.4. The fourth-order valence-electron chi connectivity index (χ4n) is 2.47. The van der Waals surface area contributed by atoms with Crippen molar-refractivity contribution < 1.29 is 23.8 Å². The molecule has 7 heteroatoms. The van der Waals surface area contributed by atoms with Gasteiger partial charge in [-0.15, -0.1) is 0 Å². The molecule has 0 aromatic heterocycles. The van der Waals surface area contributed by atoms with Crippen molar-refractivity contribution in [1.82, 2.24) is 5.32 Å². The fraction of sp³-hybridized carbons (Fsp3) is 0.467. The largest absolute Gasteiger partial charge is 0.481 e.